The third-order valence-corrected chi connectivity index (χ3v) is 6.40. The Morgan fingerprint density at radius 2 is 1.61 bits per heavy atom. The van der Waals surface area contributed by atoms with Crippen LogP contribution >= 0.6 is 0 Å². The van der Waals surface area contributed by atoms with Crippen molar-refractivity contribution in [3.8, 4) is 0 Å². The minimum Gasteiger partial charge on any atom is -0.353 e. The van der Waals surface area contributed by atoms with Crippen LogP contribution in [0.25, 0.3) is 10.9 Å². The number of aromatic nitrogens is 4. The van der Waals surface area contributed by atoms with Gasteiger partial charge in [0.25, 0.3) is 5.56 Å². The Bertz CT molecular complexity index is 1200. The summed E-state index contributed by atoms with van der Waals surface area (Å²) in [6.07, 6.45) is 3.28. The van der Waals surface area contributed by atoms with Crippen molar-refractivity contribution >= 4 is 22.7 Å². The SMILES string of the molecule is Cn1c(N2CCN(c3nc(C(C)(C)C)nc4c3CCC4)CC2)nc2ccccc2c1=O. The smallest absolute Gasteiger partial charge is 0.262 e. The molecule has 1 aliphatic carbocycles. The van der Waals surface area contributed by atoms with Gasteiger partial charge in [0.15, 0.2) is 0 Å². The van der Waals surface area contributed by atoms with E-state index in [0.29, 0.717) is 5.39 Å². The molecule has 1 aromatic carbocycles. The largest absolute Gasteiger partial charge is 0.353 e. The molecule has 2 aromatic heterocycles. The zero-order valence-electron chi connectivity index (χ0n) is 18.9. The summed E-state index contributed by atoms with van der Waals surface area (Å²) >= 11 is 0. The maximum absolute atomic E-state index is 12.8. The first-order valence-electron chi connectivity index (χ1n) is 11.2. The molecule has 3 aromatic rings. The van der Waals surface area contributed by atoms with E-state index in [1.807, 2.05) is 31.3 Å². The number of rotatable bonds is 2. The van der Waals surface area contributed by atoms with Gasteiger partial charge in [-0.15, -0.1) is 0 Å². The van der Waals surface area contributed by atoms with Crippen LogP contribution < -0.4 is 15.4 Å². The number of anilines is 2. The van der Waals surface area contributed by atoms with Crippen LogP contribution in [0.3, 0.4) is 0 Å². The van der Waals surface area contributed by atoms with E-state index in [2.05, 4.69) is 30.6 Å². The Hall–Kier alpha value is -2.96. The molecule has 0 unspecified atom stereocenters. The fourth-order valence-electron chi connectivity index (χ4n) is 4.62. The van der Waals surface area contributed by atoms with Crippen LogP contribution in [0.1, 0.15) is 44.3 Å². The lowest BCUT2D eigenvalue weighted by molar-refractivity contribution is 0.537. The molecule has 162 valence electrons. The minimum absolute atomic E-state index is 0.00599. The normalized spacial score (nSPS) is 16.8. The number of nitrogens with zero attached hydrogens (tertiary/aromatic N) is 6. The first-order valence-corrected chi connectivity index (χ1v) is 11.2. The molecule has 1 saturated heterocycles. The van der Waals surface area contributed by atoms with Crippen LogP contribution in [-0.4, -0.2) is 45.7 Å². The molecule has 0 amide bonds. The molecule has 1 fully saturated rings. The van der Waals surface area contributed by atoms with E-state index in [4.69, 9.17) is 15.0 Å². The average molecular weight is 419 g/mol. The number of piperazine rings is 1. The maximum atomic E-state index is 12.8. The molecule has 7 heteroatoms. The first kappa shape index (κ1) is 20.0. The summed E-state index contributed by atoms with van der Waals surface area (Å²) in [7, 11) is 1.82. The predicted octanol–water partition coefficient (Wildman–Crippen LogP) is 2.84. The standard InChI is InChI=1S/C24H30N6O/c1-24(2,3)22-25-18-11-7-9-16(18)20(27-22)29-12-14-30(15-13-29)23-26-19-10-6-5-8-17(19)21(31)28(23)4/h5-6,8,10H,7,9,11-15H2,1-4H3. The van der Waals surface area contributed by atoms with Gasteiger partial charge in [0, 0.05) is 49.9 Å². The van der Waals surface area contributed by atoms with Crippen LogP contribution in [0, 0.1) is 0 Å². The van der Waals surface area contributed by atoms with E-state index in [-0.39, 0.29) is 11.0 Å². The summed E-state index contributed by atoms with van der Waals surface area (Å²) in [5, 5.41) is 0.665. The van der Waals surface area contributed by atoms with Gasteiger partial charge in [0.2, 0.25) is 5.95 Å². The van der Waals surface area contributed by atoms with Crippen LogP contribution in [0.15, 0.2) is 29.1 Å². The summed E-state index contributed by atoms with van der Waals surface area (Å²) in [6, 6.07) is 7.57. The monoisotopic (exact) mass is 418 g/mol. The van der Waals surface area contributed by atoms with Crippen molar-refractivity contribution in [1.82, 2.24) is 19.5 Å². The van der Waals surface area contributed by atoms with Crippen molar-refractivity contribution < 1.29 is 0 Å². The lowest BCUT2D eigenvalue weighted by Crippen LogP contribution is -2.49. The average Bonchev–Trinajstić information content (AvgIpc) is 3.24. The highest BCUT2D eigenvalue weighted by Gasteiger charge is 2.29. The number of benzene rings is 1. The Morgan fingerprint density at radius 3 is 2.35 bits per heavy atom. The molecule has 2 aliphatic rings. The van der Waals surface area contributed by atoms with Gasteiger partial charge in [-0.25, -0.2) is 15.0 Å². The molecular weight excluding hydrogens is 388 g/mol. The third kappa shape index (κ3) is 3.46. The second-order valence-corrected chi connectivity index (χ2v) is 9.67. The molecule has 0 radical (unpaired) electrons. The highest BCUT2D eigenvalue weighted by Crippen LogP contribution is 2.32. The molecule has 0 spiro atoms. The minimum atomic E-state index is -0.0680. The topological polar surface area (TPSA) is 67.2 Å². The number of hydrogen-bond acceptors (Lipinski definition) is 6. The molecule has 0 N–H and O–H groups in total. The van der Waals surface area contributed by atoms with Crippen molar-refractivity contribution in [2.24, 2.45) is 7.05 Å². The van der Waals surface area contributed by atoms with Crippen molar-refractivity contribution in [2.45, 2.75) is 45.4 Å². The summed E-state index contributed by atoms with van der Waals surface area (Å²) < 4.78 is 1.68. The molecular formula is C24H30N6O. The van der Waals surface area contributed by atoms with Crippen LogP contribution in [0.4, 0.5) is 11.8 Å². The van der Waals surface area contributed by atoms with Crippen molar-refractivity contribution in [1.29, 1.82) is 0 Å². The van der Waals surface area contributed by atoms with E-state index in [1.54, 1.807) is 4.57 Å². The Labute approximate surface area is 182 Å². The highest BCUT2D eigenvalue weighted by atomic mass is 16.1. The van der Waals surface area contributed by atoms with Gasteiger partial charge in [-0.05, 0) is 31.4 Å². The van der Waals surface area contributed by atoms with E-state index in [0.717, 1.165) is 68.5 Å². The summed E-state index contributed by atoms with van der Waals surface area (Å²) in [5.74, 6) is 2.79. The quantitative estimate of drug-likeness (QED) is 0.638. The first-order chi connectivity index (χ1) is 14.8. The molecule has 31 heavy (non-hydrogen) atoms. The Morgan fingerprint density at radius 1 is 0.903 bits per heavy atom. The lowest BCUT2D eigenvalue weighted by Gasteiger charge is -2.37. The summed E-state index contributed by atoms with van der Waals surface area (Å²) in [6.45, 7) is 9.86. The van der Waals surface area contributed by atoms with Gasteiger partial charge in [-0.2, -0.15) is 0 Å². The van der Waals surface area contributed by atoms with Crippen molar-refractivity contribution in [3.63, 3.8) is 0 Å². The summed E-state index contributed by atoms with van der Waals surface area (Å²) in [5.41, 5.74) is 3.26. The lowest BCUT2D eigenvalue weighted by atomic mass is 9.95. The van der Waals surface area contributed by atoms with E-state index in [9.17, 15) is 4.79 Å². The summed E-state index contributed by atoms with van der Waals surface area (Å²) in [4.78, 5) is 32.2. The van der Waals surface area contributed by atoms with Gasteiger partial charge < -0.3 is 9.80 Å². The van der Waals surface area contributed by atoms with Gasteiger partial charge >= 0.3 is 0 Å². The molecule has 5 rings (SSSR count). The number of para-hydroxylation sites is 1. The van der Waals surface area contributed by atoms with Gasteiger partial charge in [-0.1, -0.05) is 32.9 Å². The zero-order valence-corrected chi connectivity index (χ0v) is 18.9. The molecule has 0 atom stereocenters. The number of aryl methyl sites for hydroxylation is 1. The van der Waals surface area contributed by atoms with Gasteiger partial charge in [0.05, 0.1) is 10.9 Å². The molecule has 7 nitrogen and oxygen atoms in total. The van der Waals surface area contributed by atoms with E-state index in [1.165, 1.54) is 11.3 Å². The molecule has 0 bridgehead atoms. The van der Waals surface area contributed by atoms with Crippen molar-refractivity contribution in [3.05, 3.63) is 51.7 Å². The van der Waals surface area contributed by atoms with Crippen LogP contribution in [0.5, 0.6) is 0 Å². The van der Waals surface area contributed by atoms with Gasteiger partial charge in [-0.3, -0.25) is 9.36 Å². The third-order valence-electron chi connectivity index (χ3n) is 6.40. The van der Waals surface area contributed by atoms with E-state index < -0.39 is 0 Å². The van der Waals surface area contributed by atoms with Gasteiger partial charge in [0.1, 0.15) is 11.6 Å². The molecule has 3 heterocycles. The predicted molar refractivity (Wildman–Crippen MR) is 124 cm³/mol. The zero-order chi connectivity index (χ0) is 21.8. The highest BCUT2D eigenvalue weighted by molar-refractivity contribution is 5.78. The van der Waals surface area contributed by atoms with Crippen LogP contribution in [-0.2, 0) is 25.3 Å². The fraction of sp³-hybridized carbons (Fsp3) is 0.500. The maximum Gasteiger partial charge on any atom is 0.262 e. The Balaban J connectivity index is 1.43. The number of hydrogen-bond donors (Lipinski definition) is 0. The van der Waals surface area contributed by atoms with Crippen LogP contribution in [0.2, 0.25) is 0 Å². The molecule has 1 aliphatic heterocycles. The second kappa shape index (κ2) is 7.32. The molecule has 0 saturated carbocycles. The number of fused-ring (bicyclic) bond motifs is 2. The van der Waals surface area contributed by atoms with E-state index >= 15 is 0 Å². The Kier molecular flexibility index (Phi) is 4.72. The fourth-order valence-corrected chi connectivity index (χ4v) is 4.62. The second-order valence-electron chi connectivity index (χ2n) is 9.67. The van der Waals surface area contributed by atoms with Crippen molar-refractivity contribution in [2.75, 3.05) is 36.0 Å².